The second-order valence-electron chi connectivity index (χ2n) is 12.3. The smallest absolute Gasteiger partial charge is 0.163 e. The average Bonchev–Trinajstić information content (AvgIpc) is 3.44. The van der Waals surface area contributed by atoms with E-state index in [1.54, 1.807) is 11.8 Å². The van der Waals surface area contributed by atoms with Crippen molar-refractivity contribution in [2.45, 2.75) is 77.0 Å². The Balaban J connectivity index is 1.20. The van der Waals surface area contributed by atoms with Gasteiger partial charge in [-0.1, -0.05) is 42.8 Å². The number of fused-ring (bicyclic) bond motifs is 5. The van der Waals surface area contributed by atoms with Crippen LogP contribution in [-0.2, 0) is 9.59 Å². The van der Waals surface area contributed by atoms with E-state index in [2.05, 4.69) is 42.2 Å². The van der Waals surface area contributed by atoms with E-state index in [4.69, 9.17) is 0 Å². The lowest BCUT2D eigenvalue weighted by molar-refractivity contribution is -0.134. The largest absolute Gasteiger partial charge is 0.299 e. The molecule has 1 unspecified atom stereocenters. The Morgan fingerprint density at radius 2 is 1.78 bits per heavy atom. The van der Waals surface area contributed by atoms with Crippen molar-refractivity contribution in [3.63, 3.8) is 0 Å². The Morgan fingerprint density at radius 3 is 2.53 bits per heavy atom. The maximum atomic E-state index is 13.3. The van der Waals surface area contributed by atoms with Gasteiger partial charge < -0.3 is 0 Å². The van der Waals surface area contributed by atoms with E-state index in [1.807, 2.05) is 18.3 Å². The maximum Gasteiger partial charge on any atom is 0.163 e. The summed E-state index contributed by atoms with van der Waals surface area (Å²) >= 11 is 0. The fourth-order valence-corrected chi connectivity index (χ4v) is 9.19. The van der Waals surface area contributed by atoms with Crippen molar-refractivity contribution in [3.05, 3.63) is 77.2 Å². The van der Waals surface area contributed by atoms with Gasteiger partial charge in [-0.05, 0) is 115 Å². The number of Topliss-reactive ketones (excluding diaryl/α,β-unsaturated/α-hetero) is 1. The van der Waals surface area contributed by atoms with Gasteiger partial charge in [0.1, 0.15) is 5.78 Å². The third-order valence-corrected chi connectivity index (χ3v) is 11.1. The number of hydrogen-bond acceptors (Lipinski definition) is 3. The zero-order chi connectivity index (χ0) is 24.5. The molecule has 184 valence electrons. The molecule has 0 bridgehead atoms. The normalized spacial score (nSPS) is 35.5. The van der Waals surface area contributed by atoms with Crippen LogP contribution in [0.1, 0.15) is 82.6 Å². The first-order chi connectivity index (χ1) is 17.5. The first-order valence-corrected chi connectivity index (χ1v) is 14.0. The van der Waals surface area contributed by atoms with Crippen molar-refractivity contribution >= 4 is 11.6 Å². The average molecular weight is 478 g/mol. The molecule has 7 rings (SSSR count). The van der Waals surface area contributed by atoms with Crippen molar-refractivity contribution < 1.29 is 9.59 Å². The van der Waals surface area contributed by atoms with Crippen LogP contribution in [-0.4, -0.2) is 16.6 Å². The molecule has 0 N–H and O–H groups in total. The van der Waals surface area contributed by atoms with Crippen LogP contribution in [0.5, 0.6) is 0 Å². The Bertz CT molecular complexity index is 1300. The van der Waals surface area contributed by atoms with Gasteiger partial charge in [0.15, 0.2) is 5.78 Å². The van der Waals surface area contributed by atoms with Crippen LogP contribution >= 0.6 is 0 Å². The molecular weight excluding hydrogens is 442 g/mol. The molecule has 0 saturated heterocycles. The van der Waals surface area contributed by atoms with Crippen molar-refractivity contribution in [1.29, 1.82) is 0 Å². The SMILES string of the molecule is C[C@]12CCC3=C4CC(c5ccc(-c6cccnc6)cc5)C(=O)C=C4CC[C@H]3[C@@H]1CC[C@]21CCCC1=O. The topological polar surface area (TPSA) is 47.0 Å². The van der Waals surface area contributed by atoms with Gasteiger partial charge >= 0.3 is 0 Å². The minimum Gasteiger partial charge on any atom is -0.299 e. The van der Waals surface area contributed by atoms with Gasteiger partial charge in [-0.15, -0.1) is 0 Å². The summed E-state index contributed by atoms with van der Waals surface area (Å²) in [6.45, 7) is 2.47. The molecule has 0 radical (unpaired) electrons. The summed E-state index contributed by atoms with van der Waals surface area (Å²) in [7, 11) is 0. The number of rotatable bonds is 2. The molecule has 36 heavy (non-hydrogen) atoms. The number of benzene rings is 1. The third-order valence-electron chi connectivity index (χ3n) is 11.1. The minimum absolute atomic E-state index is 0.0366. The van der Waals surface area contributed by atoms with Crippen molar-refractivity contribution in [1.82, 2.24) is 4.98 Å². The summed E-state index contributed by atoms with van der Waals surface area (Å²) in [5.74, 6) is 1.98. The van der Waals surface area contributed by atoms with Gasteiger partial charge in [0, 0.05) is 24.2 Å². The molecule has 3 fully saturated rings. The molecule has 5 atom stereocenters. The van der Waals surface area contributed by atoms with Crippen LogP contribution in [0.25, 0.3) is 11.1 Å². The maximum absolute atomic E-state index is 13.3. The lowest BCUT2D eigenvalue weighted by Crippen LogP contribution is -2.47. The zero-order valence-corrected chi connectivity index (χ0v) is 21.3. The third kappa shape index (κ3) is 3.07. The number of allylic oxidation sites excluding steroid dienone is 4. The van der Waals surface area contributed by atoms with Crippen LogP contribution in [0.3, 0.4) is 0 Å². The van der Waals surface area contributed by atoms with Gasteiger partial charge in [0.2, 0.25) is 0 Å². The first-order valence-electron chi connectivity index (χ1n) is 14.0. The highest BCUT2D eigenvalue weighted by Gasteiger charge is 2.64. The van der Waals surface area contributed by atoms with Gasteiger partial charge in [0.05, 0.1) is 5.92 Å². The molecule has 3 saturated carbocycles. The number of nitrogens with zero attached hydrogens (tertiary/aromatic N) is 1. The molecule has 5 aliphatic rings. The molecular formula is C33H35NO2. The summed E-state index contributed by atoms with van der Waals surface area (Å²) in [4.78, 5) is 30.6. The Kier molecular flexibility index (Phi) is 5.04. The van der Waals surface area contributed by atoms with Crippen molar-refractivity contribution in [2.75, 3.05) is 0 Å². The van der Waals surface area contributed by atoms with E-state index in [1.165, 1.54) is 17.6 Å². The van der Waals surface area contributed by atoms with Crippen LogP contribution in [0.15, 0.2) is 71.6 Å². The van der Waals surface area contributed by atoms with Gasteiger partial charge in [0.25, 0.3) is 0 Å². The van der Waals surface area contributed by atoms with Gasteiger partial charge in [-0.3, -0.25) is 14.6 Å². The molecule has 3 heteroatoms. The lowest BCUT2D eigenvalue weighted by Gasteiger charge is -2.52. The second kappa shape index (κ2) is 8.10. The molecule has 0 amide bonds. The fraction of sp³-hybridized carbons (Fsp3) is 0.485. The summed E-state index contributed by atoms with van der Waals surface area (Å²) in [6, 6.07) is 12.6. The molecule has 3 nitrogen and oxygen atoms in total. The number of ketones is 2. The number of aromatic nitrogens is 1. The first kappa shape index (κ1) is 22.4. The molecule has 1 aromatic carbocycles. The van der Waals surface area contributed by atoms with E-state index in [0.29, 0.717) is 17.6 Å². The lowest BCUT2D eigenvalue weighted by atomic mass is 9.51. The molecule has 2 aromatic rings. The molecule has 1 spiro atoms. The number of pyridine rings is 1. The zero-order valence-electron chi connectivity index (χ0n) is 21.3. The van der Waals surface area contributed by atoms with Crippen LogP contribution in [0, 0.1) is 22.7 Å². The van der Waals surface area contributed by atoms with E-state index >= 15 is 0 Å². The fourth-order valence-electron chi connectivity index (χ4n) is 9.19. The Morgan fingerprint density at radius 1 is 0.917 bits per heavy atom. The summed E-state index contributed by atoms with van der Waals surface area (Å²) < 4.78 is 0. The highest BCUT2D eigenvalue weighted by molar-refractivity contribution is 5.98. The molecule has 1 aromatic heterocycles. The molecule has 0 aliphatic heterocycles. The second-order valence-corrected chi connectivity index (χ2v) is 12.3. The van der Waals surface area contributed by atoms with Gasteiger partial charge in [-0.2, -0.15) is 0 Å². The number of carbonyl (C=O) groups excluding carboxylic acids is 2. The quantitative estimate of drug-likeness (QED) is 0.453. The van der Waals surface area contributed by atoms with E-state index in [-0.39, 0.29) is 22.5 Å². The Hall–Kier alpha value is -2.81. The monoisotopic (exact) mass is 477 g/mol. The molecule has 5 aliphatic carbocycles. The minimum atomic E-state index is -0.0856. The summed E-state index contributed by atoms with van der Waals surface area (Å²) in [6.07, 6.45) is 16.3. The van der Waals surface area contributed by atoms with Crippen LogP contribution in [0.2, 0.25) is 0 Å². The number of carbonyl (C=O) groups is 2. The summed E-state index contributed by atoms with van der Waals surface area (Å²) in [5.41, 5.74) is 7.93. The highest BCUT2D eigenvalue weighted by atomic mass is 16.1. The summed E-state index contributed by atoms with van der Waals surface area (Å²) in [5, 5.41) is 0. The van der Waals surface area contributed by atoms with Crippen LogP contribution in [0.4, 0.5) is 0 Å². The standard InChI is InChI=1S/C33H35NO2/c1-32-15-12-25-26(29(32)13-16-33(32)14-2-5-31(33)36)11-10-23-18-30(35)28(19-27(23)25)22-8-6-21(7-9-22)24-4-3-17-34-20-24/h3-4,6-9,17-18,20,26,28-29H,2,5,10-16,19H2,1H3/t26-,28?,29+,32+,33+/m1/s1. The van der Waals surface area contributed by atoms with Crippen LogP contribution < -0.4 is 0 Å². The van der Waals surface area contributed by atoms with Crippen molar-refractivity contribution in [3.8, 4) is 11.1 Å². The van der Waals surface area contributed by atoms with E-state index in [9.17, 15) is 9.59 Å². The predicted molar refractivity (Wildman–Crippen MR) is 141 cm³/mol. The van der Waals surface area contributed by atoms with E-state index < -0.39 is 0 Å². The van der Waals surface area contributed by atoms with Crippen molar-refractivity contribution in [2.24, 2.45) is 22.7 Å². The number of hydrogen-bond donors (Lipinski definition) is 0. The highest BCUT2D eigenvalue weighted by Crippen LogP contribution is 2.70. The van der Waals surface area contributed by atoms with E-state index in [0.717, 1.165) is 74.5 Å². The predicted octanol–water partition coefficient (Wildman–Crippen LogP) is 7.39. The van der Waals surface area contributed by atoms with Gasteiger partial charge in [-0.25, -0.2) is 0 Å². The molecule has 1 heterocycles. The Labute approximate surface area is 214 Å².